The molecule has 0 spiro atoms. The fraction of sp³-hybridized carbons (Fsp3) is 0.500. The van der Waals surface area contributed by atoms with Crippen LogP contribution in [0.1, 0.15) is 31.4 Å². The highest BCUT2D eigenvalue weighted by Gasteiger charge is 2.28. The highest BCUT2D eigenvalue weighted by Crippen LogP contribution is 2.17. The maximum Gasteiger partial charge on any atom is 0.333 e. The van der Waals surface area contributed by atoms with Gasteiger partial charge in [0.25, 0.3) is 0 Å². The topological polar surface area (TPSA) is 67.4 Å². The highest BCUT2D eigenvalue weighted by molar-refractivity contribution is 5.86. The molecular formula is C16H23ClN2O3. The molecule has 122 valence electrons. The number of benzene rings is 1. The van der Waals surface area contributed by atoms with Crippen LogP contribution in [0.3, 0.4) is 0 Å². The van der Waals surface area contributed by atoms with Gasteiger partial charge in [-0.1, -0.05) is 30.3 Å². The minimum absolute atomic E-state index is 0. The first kappa shape index (κ1) is 18.5. The van der Waals surface area contributed by atoms with Crippen LogP contribution in [0, 0.1) is 5.92 Å². The third-order valence-corrected chi connectivity index (χ3v) is 3.61. The molecule has 0 aromatic heterocycles. The van der Waals surface area contributed by atoms with Gasteiger partial charge in [-0.3, -0.25) is 4.79 Å². The van der Waals surface area contributed by atoms with Gasteiger partial charge in [0.1, 0.15) is 0 Å². The van der Waals surface area contributed by atoms with E-state index in [-0.39, 0.29) is 24.2 Å². The van der Waals surface area contributed by atoms with Gasteiger partial charge in [0.15, 0.2) is 6.04 Å². The van der Waals surface area contributed by atoms with Crippen molar-refractivity contribution in [3.8, 4) is 0 Å². The standard InChI is InChI=1S/C16H22N2O3.ClH/c1-2-21-16(20)14(12-7-4-3-5-8-12)18-15(19)13-9-6-10-17-11-13;/h3-5,7-8,13-14,17H,2,6,9-11H2,1H3,(H,18,19);1H/t13?,14-;/m1./s1. The zero-order valence-corrected chi connectivity index (χ0v) is 13.5. The fourth-order valence-electron chi connectivity index (χ4n) is 2.49. The van der Waals surface area contributed by atoms with Crippen molar-refractivity contribution in [3.63, 3.8) is 0 Å². The molecule has 1 unspecified atom stereocenters. The van der Waals surface area contributed by atoms with Crippen molar-refractivity contribution in [2.45, 2.75) is 25.8 Å². The summed E-state index contributed by atoms with van der Waals surface area (Å²) in [6, 6.07) is 8.47. The number of hydrogen-bond donors (Lipinski definition) is 2. The lowest BCUT2D eigenvalue weighted by molar-refractivity contribution is -0.148. The Morgan fingerprint density at radius 1 is 1.36 bits per heavy atom. The Balaban J connectivity index is 0.00000242. The Labute approximate surface area is 137 Å². The smallest absolute Gasteiger partial charge is 0.333 e. The first-order chi connectivity index (χ1) is 10.2. The van der Waals surface area contributed by atoms with E-state index in [9.17, 15) is 9.59 Å². The molecule has 0 bridgehead atoms. The van der Waals surface area contributed by atoms with E-state index in [0.717, 1.165) is 24.9 Å². The molecule has 2 N–H and O–H groups in total. The first-order valence-electron chi connectivity index (χ1n) is 7.45. The Bertz CT molecular complexity index is 476. The SMILES string of the molecule is CCOC(=O)[C@H](NC(=O)C1CCCNC1)c1ccccc1.Cl. The average Bonchev–Trinajstić information content (AvgIpc) is 2.54. The van der Waals surface area contributed by atoms with Gasteiger partial charge in [0.2, 0.25) is 5.91 Å². The number of esters is 1. The molecule has 1 aliphatic heterocycles. The quantitative estimate of drug-likeness (QED) is 0.810. The summed E-state index contributed by atoms with van der Waals surface area (Å²) in [6.45, 7) is 3.66. The van der Waals surface area contributed by atoms with Crippen LogP contribution in [0.5, 0.6) is 0 Å². The van der Waals surface area contributed by atoms with Gasteiger partial charge < -0.3 is 15.4 Å². The second-order valence-electron chi connectivity index (χ2n) is 5.15. The summed E-state index contributed by atoms with van der Waals surface area (Å²) >= 11 is 0. The molecule has 1 saturated heterocycles. The van der Waals surface area contributed by atoms with Crippen LogP contribution in [0.2, 0.25) is 0 Å². The molecule has 1 amide bonds. The molecule has 2 rings (SSSR count). The number of piperidine rings is 1. The number of amides is 1. The van der Waals surface area contributed by atoms with Crippen LogP contribution in [0.25, 0.3) is 0 Å². The lowest BCUT2D eigenvalue weighted by atomic mass is 9.97. The summed E-state index contributed by atoms with van der Waals surface area (Å²) < 4.78 is 5.08. The summed E-state index contributed by atoms with van der Waals surface area (Å²) in [7, 11) is 0. The van der Waals surface area contributed by atoms with Crippen LogP contribution in [0.4, 0.5) is 0 Å². The van der Waals surface area contributed by atoms with E-state index in [0.29, 0.717) is 13.2 Å². The van der Waals surface area contributed by atoms with Crippen LogP contribution in [-0.4, -0.2) is 31.6 Å². The molecule has 2 atom stereocenters. The Hall–Kier alpha value is -1.59. The van der Waals surface area contributed by atoms with Crippen LogP contribution in [0.15, 0.2) is 30.3 Å². The zero-order chi connectivity index (χ0) is 15.1. The van der Waals surface area contributed by atoms with Crippen molar-refractivity contribution >= 4 is 24.3 Å². The number of halogens is 1. The molecule has 1 heterocycles. The van der Waals surface area contributed by atoms with Crippen LogP contribution in [-0.2, 0) is 14.3 Å². The average molecular weight is 327 g/mol. The van der Waals surface area contributed by atoms with Gasteiger partial charge >= 0.3 is 5.97 Å². The normalized spacial score (nSPS) is 18.7. The van der Waals surface area contributed by atoms with E-state index in [4.69, 9.17) is 4.74 Å². The van der Waals surface area contributed by atoms with Crippen molar-refractivity contribution in [1.29, 1.82) is 0 Å². The Kier molecular flexibility index (Phi) is 7.91. The molecule has 0 saturated carbocycles. The second-order valence-corrected chi connectivity index (χ2v) is 5.15. The summed E-state index contributed by atoms with van der Waals surface area (Å²) in [4.78, 5) is 24.4. The molecular weight excluding hydrogens is 304 g/mol. The fourth-order valence-corrected chi connectivity index (χ4v) is 2.49. The molecule has 1 aromatic rings. The summed E-state index contributed by atoms with van der Waals surface area (Å²) in [5.41, 5.74) is 0.744. The number of hydrogen-bond acceptors (Lipinski definition) is 4. The van der Waals surface area contributed by atoms with Gasteiger partial charge in [0.05, 0.1) is 12.5 Å². The van der Waals surface area contributed by atoms with Gasteiger partial charge in [-0.25, -0.2) is 4.79 Å². The third kappa shape index (κ3) is 5.00. The summed E-state index contributed by atoms with van der Waals surface area (Å²) in [5, 5.41) is 6.04. The van der Waals surface area contributed by atoms with Crippen molar-refractivity contribution < 1.29 is 14.3 Å². The maximum absolute atomic E-state index is 12.3. The Morgan fingerprint density at radius 2 is 2.09 bits per heavy atom. The monoisotopic (exact) mass is 326 g/mol. The van der Waals surface area contributed by atoms with Crippen LogP contribution >= 0.6 is 12.4 Å². The molecule has 1 aromatic carbocycles. The molecule has 22 heavy (non-hydrogen) atoms. The largest absolute Gasteiger partial charge is 0.464 e. The van der Waals surface area contributed by atoms with E-state index in [1.165, 1.54) is 0 Å². The Morgan fingerprint density at radius 3 is 2.68 bits per heavy atom. The summed E-state index contributed by atoms with van der Waals surface area (Å²) in [5.74, 6) is -0.593. The van der Waals surface area contributed by atoms with E-state index < -0.39 is 12.0 Å². The number of carbonyl (C=O) groups excluding carboxylic acids is 2. The molecule has 0 aliphatic carbocycles. The number of rotatable bonds is 5. The first-order valence-corrected chi connectivity index (χ1v) is 7.45. The minimum Gasteiger partial charge on any atom is -0.464 e. The zero-order valence-electron chi connectivity index (χ0n) is 12.7. The predicted molar refractivity (Wildman–Crippen MR) is 86.8 cm³/mol. The second kappa shape index (κ2) is 9.43. The van der Waals surface area contributed by atoms with Gasteiger partial charge in [-0.2, -0.15) is 0 Å². The minimum atomic E-state index is -0.736. The van der Waals surface area contributed by atoms with E-state index in [1.54, 1.807) is 6.92 Å². The van der Waals surface area contributed by atoms with E-state index in [1.807, 2.05) is 30.3 Å². The summed E-state index contributed by atoms with van der Waals surface area (Å²) in [6.07, 6.45) is 1.83. The molecule has 1 aliphatic rings. The van der Waals surface area contributed by atoms with E-state index in [2.05, 4.69) is 10.6 Å². The third-order valence-electron chi connectivity index (χ3n) is 3.61. The number of carbonyl (C=O) groups is 2. The molecule has 5 nitrogen and oxygen atoms in total. The molecule has 1 fully saturated rings. The van der Waals surface area contributed by atoms with Crippen molar-refractivity contribution in [3.05, 3.63) is 35.9 Å². The van der Waals surface area contributed by atoms with Gasteiger partial charge in [-0.05, 0) is 31.9 Å². The van der Waals surface area contributed by atoms with Crippen molar-refractivity contribution in [2.75, 3.05) is 19.7 Å². The van der Waals surface area contributed by atoms with Gasteiger partial charge in [-0.15, -0.1) is 12.4 Å². The lowest BCUT2D eigenvalue weighted by Crippen LogP contribution is -2.43. The lowest BCUT2D eigenvalue weighted by Gasteiger charge is -2.25. The maximum atomic E-state index is 12.3. The van der Waals surface area contributed by atoms with Crippen molar-refractivity contribution in [2.24, 2.45) is 5.92 Å². The van der Waals surface area contributed by atoms with E-state index >= 15 is 0 Å². The van der Waals surface area contributed by atoms with Crippen LogP contribution < -0.4 is 10.6 Å². The number of nitrogens with one attached hydrogen (secondary N) is 2. The highest BCUT2D eigenvalue weighted by atomic mass is 35.5. The molecule has 6 heteroatoms. The van der Waals surface area contributed by atoms with Gasteiger partial charge in [0, 0.05) is 6.54 Å². The predicted octanol–water partition coefficient (Wildman–Crippen LogP) is 1.83. The van der Waals surface area contributed by atoms with Crippen molar-refractivity contribution in [1.82, 2.24) is 10.6 Å². The molecule has 0 radical (unpaired) electrons. The number of ether oxygens (including phenoxy) is 1.